The van der Waals surface area contributed by atoms with Gasteiger partial charge in [-0.1, -0.05) is 95.8 Å². The van der Waals surface area contributed by atoms with E-state index in [1.165, 1.54) is 13.3 Å². The molecule has 1 saturated carbocycles. The summed E-state index contributed by atoms with van der Waals surface area (Å²) in [6, 6.07) is 11.6. The van der Waals surface area contributed by atoms with Crippen LogP contribution >= 0.6 is 0 Å². The molecule has 43 heavy (non-hydrogen) atoms. The van der Waals surface area contributed by atoms with E-state index in [1.54, 1.807) is 6.92 Å². The maximum Gasteiger partial charge on any atom is 0.246 e. The number of carbonyl (C=O) groups excluding carboxylic acids is 3. The minimum Gasteiger partial charge on any atom is -0.390 e. The first-order valence-electron chi connectivity index (χ1n) is 16.2. The lowest BCUT2D eigenvalue weighted by Gasteiger charge is -2.37. The van der Waals surface area contributed by atoms with Gasteiger partial charge in [-0.2, -0.15) is 0 Å². The molecule has 0 heterocycles. The average Bonchev–Trinajstić information content (AvgIpc) is 2.98. The van der Waals surface area contributed by atoms with E-state index in [0.29, 0.717) is 12.8 Å². The highest BCUT2D eigenvalue weighted by Crippen LogP contribution is 2.23. The topological polar surface area (TPSA) is 119 Å². The Morgan fingerprint density at radius 3 is 2.21 bits per heavy atom. The van der Waals surface area contributed by atoms with Gasteiger partial charge in [0, 0.05) is 13.0 Å². The normalized spacial score (nSPS) is 18.4. The molecule has 0 bridgehead atoms. The van der Waals surface area contributed by atoms with Crippen molar-refractivity contribution in [2.24, 2.45) is 11.8 Å². The number of hydrogen-bond donors (Lipinski definition) is 4. The Balaban J connectivity index is 1.89. The van der Waals surface area contributed by atoms with Gasteiger partial charge in [-0.05, 0) is 60.8 Å². The Hall–Kier alpha value is -2.81. The molecular formula is C35H53N3O5. The fourth-order valence-corrected chi connectivity index (χ4v) is 6.28. The van der Waals surface area contributed by atoms with Crippen molar-refractivity contribution < 1.29 is 24.6 Å². The van der Waals surface area contributed by atoms with Gasteiger partial charge in [0.05, 0.1) is 18.2 Å². The van der Waals surface area contributed by atoms with Gasteiger partial charge >= 0.3 is 0 Å². The Morgan fingerprint density at radius 2 is 1.60 bits per heavy atom. The van der Waals surface area contributed by atoms with E-state index in [4.69, 9.17) is 0 Å². The van der Waals surface area contributed by atoms with E-state index in [1.807, 2.05) is 70.2 Å². The van der Waals surface area contributed by atoms with Crippen LogP contribution in [0.3, 0.4) is 0 Å². The zero-order chi connectivity index (χ0) is 31.7. The number of fused-ring (bicyclic) bond motifs is 1. The number of hydrogen-bond acceptors (Lipinski definition) is 6. The molecule has 2 aromatic rings. The van der Waals surface area contributed by atoms with Crippen molar-refractivity contribution in [1.29, 1.82) is 0 Å². The van der Waals surface area contributed by atoms with Crippen molar-refractivity contribution in [2.75, 3.05) is 0 Å². The molecule has 8 heteroatoms. The van der Waals surface area contributed by atoms with Crippen LogP contribution in [0.5, 0.6) is 0 Å². The van der Waals surface area contributed by atoms with Crippen LogP contribution in [0.25, 0.3) is 10.8 Å². The van der Waals surface area contributed by atoms with Crippen molar-refractivity contribution in [1.82, 2.24) is 15.5 Å². The van der Waals surface area contributed by atoms with Gasteiger partial charge in [-0.25, -0.2) is 0 Å². The summed E-state index contributed by atoms with van der Waals surface area (Å²) >= 11 is 0. The second-order valence-electron chi connectivity index (χ2n) is 13.0. The molecule has 1 aliphatic rings. The average molecular weight is 596 g/mol. The molecule has 3 amide bonds. The molecule has 0 aromatic heterocycles. The van der Waals surface area contributed by atoms with E-state index in [-0.39, 0.29) is 24.3 Å². The number of nitrogens with one attached hydrogen (secondary N) is 2. The van der Waals surface area contributed by atoms with Crippen molar-refractivity contribution >= 4 is 28.5 Å². The number of carbonyl (C=O) groups is 3. The second kappa shape index (κ2) is 16.3. The first-order chi connectivity index (χ1) is 20.4. The molecule has 1 aliphatic carbocycles. The van der Waals surface area contributed by atoms with Gasteiger partial charge in [0.15, 0.2) is 0 Å². The van der Waals surface area contributed by atoms with Crippen LogP contribution < -0.4 is 10.6 Å². The molecule has 6 atom stereocenters. The second-order valence-corrected chi connectivity index (χ2v) is 13.0. The van der Waals surface area contributed by atoms with Gasteiger partial charge < -0.3 is 20.8 Å². The quantitative estimate of drug-likeness (QED) is 0.251. The lowest BCUT2D eigenvalue weighted by molar-refractivity contribution is -0.154. The molecular weight excluding hydrogens is 542 g/mol. The number of imide groups is 1. The highest BCUT2D eigenvalue weighted by molar-refractivity contribution is 6.01. The minimum atomic E-state index is -1.25. The van der Waals surface area contributed by atoms with Gasteiger partial charge in [0.25, 0.3) is 0 Å². The predicted octanol–water partition coefficient (Wildman–Crippen LogP) is 4.74. The van der Waals surface area contributed by atoms with Crippen LogP contribution in [0.4, 0.5) is 0 Å². The number of benzene rings is 2. The SMILES string of the molecule is CCC(C)C(C(=O)N[C@@H](Cc1ccc2ccccc2c1)[C@@H](O)[C@@H](O)CC(C)C)N(C(C)=O)C(=O)C(C)NC1CCCCC1. The maximum atomic E-state index is 14.1. The molecule has 0 spiro atoms. The molecule has 1 fully saturated rings. The Morgan fingerprint density at radius 1 is 0.953 bits per heavy atom. The molecule has 3 unspecified atom stereocenters. The summed E-state index contributed by atoms with van der Waals surface area (Å²) < 4.78 is 0. The standard InChI is InChI=1S/C35H53N3O5/c1-7-23(4)32(38(25(6)39)35(43)24(5)36-29-15-9-8-10-16-29)34(42)37-30(33(41)31(40)19-22(2)3)21-26-17-18-27-13-11-12-14-28(27)20-26/h11-14,17-18,20,22-24,29-33,36,40-41H,7-10,15-16,19,21H2,1-6H3,(H,37,42)/t23?,24?,30-,31-,32?,33+/m0/s1. The lowest BCUT2D eigenvalue weighted by atomic mass is 9.91. The van der Waals surface area contributed by atoms with Crippen LogP contribution in [0.1, 0.15) is 92.1 Å². The fourth-order valence-electron chi connectivity index (χ4n) is 6.28. The largest absolute Gasteiger partial charge is 0.390 e. The maximum absolute atomic E-state index is 14.1. The van der Waals surface area contributed by atoms with Gasteiger partial charge in [-0.3, -0.25) is 19.3 Å². The smallest absolute Gasteiger partial charge is 0.246 e. The van der Waals surface area contributed by atoms with Crippen molar-refractivity contribution in [3.05, 3.63) is 48.0 Å². The Labute approximate surface area is 257 Å². The monoisotopic (exact) mass is 595 g/mol. The zero-order valence-corrected chi connectivity index (χ0v) is 26.9. The van der Waals surface area contributed by atoms with Crippen LogP contribution in [0, 0.1) is 11.8 Å². The Kier molecular flexibility index (Phi) is 13.2. The van der Waals surface area contributed by atoms with E-state index in [2.05, 4.69) is 10.6 Å². The summed E-state index contributed by atoms with van der Waals surface area (Å²) in [6.07, 6.45) is 4.27. The first-order valence-corrected chi connectivity index (χ1v) is 16.2. The van der Waals surface area contributed by atoms with Gasteiger partial charge in [0.1, 0.15) is 12.1 Å². The summed E-state index contributed by atoms with van der Waals surface area (Å²) in [4.78, 5) is 42.0. The van der Waals surface area contributed by atoms with Gasteiger partial charge in [-0.15, -0.1) is 0 Å². The highest BCUT2D eigenvalue weighted by atomic mass is 16.3. The van der Waals surface area contributed by atoms with Crippen LogP contribution in [-0.2, 0) is 20.8 Å². The van der Waals surface area contributed by atoms with E-state index < -0.39 is 48.1 Å². The third-order valence-corrected chi connectivity index (χ3v) is 8.88. The van der Waals surface area contributed by atoms with Gasteiger partial charge in [0.2, 0.25) is 17.7 Å². The van der Waals surface area contributed by atoms with E-state index in [9.17, 15) is 24.6 Å². The highest BCUT2D eigenvalue weighted by Gasteiger charge is 2.40. The first kappa shape index (κ1) is 34.7. The Bertz CT molecular complexity index is 1210. The molecule has 0 aliphatic heterocycles. The number of rotatable bonds is 14. The van der Waals surface area contributed by atoms with E-state index >= 15 is 0 Å². The fraction of sp³-hybridized carbons (Fsp3) is 0.629. The van der Waals surface area contributed by atoms with Crippen molar-refractivity contribution in [3.8, 4) is 0 Å². The van der Waals surface area contributed by atoms with Crippen LogP contribution in [0.2, 0.25) is 0 Å². The van der Waals surface area contributed by atoms with Crippen molar-refractivity contribution in [2.45, 2.75) is 129 Å². The molecule has 8 nitrogen and oxygen atoms in total. The van der Waals surface area contributed by atoms with E-state index in [0.717, 1.165) is 46.9 Å². The summed E-state index contributed by atoms with van der Waals surface area (Å²) in [5.41, 5.74) is 0.893. The molecule has 2 aromatic carbocycles. The molecule has 238 valence electrons. The number of aliphatic hydroxyl groups is 2. The molecule has 3 rings (SSSR count). The van der Waals surface area contributed by atoms with Crippen LogP contribution in [-0.4, -0.2) is 69.2 Å². The summed E-state index contributed by atoms with van der Waals surface area (Å²) in [6.45, 7) is 10.8. The predicted molar refractivity (Wildman–Crippen MR) is 171 cm³/mol. The number of amides is 3. The third kappa shape index (κ3) is 9.59. The van der Waals surface area contributed by atoms with Crippen molar-refractivity contribution in [3.63, 3.8) is 0 Å². The summed E-state index contributed by atoms with van der Waals surface area (Å²) in [5, 5.41) is 30.7. The number of aliphatic hydroxyl groups excluding tert-OH is 2. The zero-order valence-electron chi connectivity index (χ0n) is 26.9. The molecule has 0 radical (unpaired) electrons. The summed E-state index contributed by atoms with van der Waals surface area (Å²) in [7, 11) is 0. The summed E-state index contributed by atoms with van der Waals surface area (Å²) in [5.74, 6) is -1.61. The minimum absolute atomic E-state index is 0.138. The molecule has 4 N–H and O–H groups in total. The third-order valence-electron chi connectivity index (χ3n) is 8.88. The number of nitrogens with zero attached hydrogens (tertiary/aromatic N) is 1. The molecule has 0 saturated heterocycles. The lowest BCUT2D eigenvalue weighted by Crippen LogP contribution is -2.61. The van der Waals surface area contributed by atoms with Crippen LogP contribution in [0.15, 0.2) is 42.5 Å².